The summed E-state index contributed by atoms with van der Waals surface area (Å²) in [5.74, 6) is 0. The molecule has 2 aromatic rings. The average Bonchev–Trinajstić information content (AvgIpc) is 2.74. The minimum atomic E-state index is -0.487. The highest BCUT2D eigenvalue weighted by Gasteiger charge is 2.28. The summed E-state index contributed by atoms with van der Waals surface area (Å²) in [5, 5.41) is 1.21. The number of amides is 1. The number of hydrogen-bond donors (Lipinski definition) is 1. The molecule has 0 spiro atoms. The molecule has 104 valence electrons. The first-order chi connectivity index (χ1) is 9.44. The van der Waals surface area contributed by atoms with Crippen LogP contribution in [-0.4, -0.2) is 21.6 Å². The second-order valence-electron chi connectivity index (χ2n) is 6.03. The van der Waals surface area contributed by atoms with Gasteiger partial charge in [0.1, 0.15) is 12.1 Å². The SMILES string of the molecule is CC(C)(C)OC(=O)N1[C]Cc2c([nH]c3ccccc23)C1. The van der Waals surface area contributed by atoms with E-state index in [0.717, 1.165) is 11.2 Å². The molecule has 4 nitrogen and oxygen atoms in total. The lowest BCUT2D eigenvalue weighted by atomic mass is 10.0. The van der Waals surface area contributed by atoms with Crippen LogP contribution in [0.3, 0.4) is 0 Å². The molecule has 1 aliphatic heterocycles. The number of aromatic nitrogens is 1. The van der Waals surface area contributed by atoms with Crippen LogP contribution in [0.2, 0.25) is 0 Å². The van der Waals surface area contributed by atoms with Crippen molar-refractivity contribution in [3.8, 4) is 0 Å². The molecule has 1 aromatic carbocycles. The van der Waals surface area contributed by atoms with Crippen molar-refractivity contribution in [1.82, 2.24) is 9.88 Å². The summed E-state index contributed by atoms with van der Waals surface area (Å²) < 4.78 is 5.38. The van der Waals surface area contributed by atoms with Crippen molar-refractivity contribution in [2.75, 3.05) is 0 Å². The Morgan fingerprint density at radius 2 is 2.10 bits per heavy atom. The van der Waals surface area contributed by atoms with Crippen LogP contribution in [-0.2, 0) is 17.7 Å². The molecule has 3 rings (SSSR count). The molecule has 4 heteroatoms. The lowest BCUT2D eigenvalue weighted by Crippen LogP contribution is -2.37. The van der Waals surface area contributed by atoms with E-state index in [1.165, 1.54) is 15.8 Å². The molecule has 0 saturated heterocycles. The quantitative estimate of drug-likeness (QED) is 0.796. The molecule has 0 saturated carbocycles. The number of aromatic amines is 1. The van der Waals surface area contributed by atoms with E-state index < -0.39 is 5.60 Å². The zero-order chi connectivity index (χ0) is 14.3. The predicted octanol–water partition coefficient (Wildman–Crippen LogP) is 3.50. The fourth-order valence-electron chi connectivity index (χ4n) is 2.43. The predicted molar refractivity (Wildman–Crippen MR) is 77.0 cm³/mol. The van der Waals surface area contributed by atoms with Gasteiger partial charge in [-0.25, -0.2) is 4.79 Å². The molecule has 20 heavy (non-hydrogen) atoms. The summed E-state index contributed by atoms with van der Waals surface area (Å²) in [7, 11) is 0. The summed E-state index contributed by atoms with van der Waals surface area (Å²) in [6.45, 7) is 9.19. The fraction of sp³-hybridized carbons (Fsp3) is 0.375. The summed E-state index contributed by atoms with van der Waals surface area (Å²) >= 11 is 0. The maximum absolute atomic E-state index is 12.1. The van der Waals surface area contributed by atoms with Crippen LogP contribution >= 0.6 is 0 Å². The standard InChI is InChI=1S/C16H18N2O2/c1-16(2,3)20-15(19)18-9-8-12-11-6-4-5-7-13(11)17-14(12)10-18/h4-7,17H,8,10H2,1-3H3. The van der Waals surface area contributed by atoms with Crippen molar-refractivity contribution >= 4 is 17.0 Å². The largest absolute Gasteiger partial charge is 0.444 e. The molecule has 1 N–H and O–H groups in total. The van der Waals surface area contributed by atoms with Crippen LogP contribution in [0.15, 0.2) is 24.3 Å². The number of H-pyrrole nitrogens is 1. The van der Waals surface area contributed by atoms with Gasteiger partial charge in [0.15, 0.2) is 0 Å². The second-order valence-corrected chi connectivity index (χ2v) is 6.03. The van der Waals surface area contributed by atoms with Crippen molar-refractivity contribution in [2.24, 2.45) is 0 Å². The topological polar surface area (TPSA) is 45.3 Å². The van der Waals surface area contributed by atoms with Crippen LogP contribution in [0.1, 0.15) is 32.0 Å². The summed E-state index contributed by atoms with van der Waals surface area (Å²) in [5.41, 5.74) is 2.90. The van der Waals surface area contributed by atoms with Crippen LogP contribution in [0.4, 0.5) is 4.79 Å². The Bertz CT molecular complexity index is 652. The minimum absolute atomic E-state index is 0.346. The highest BCUT2D eigenvalue weighted by atomic mass is 16.6. The lowest BCUT2D eigenvalue weighted by Gasteiger charge is -2.29. The Morgan fingerprint density at radius 3 is 2.85 bits per heavy atom. The number of nitrogens with one attached hydrogen (secondary N) is 1. The van der Waals surface area contributed by atoms with E-state index >= 15 is 0 Å². The highest BCUT2D eigenvalue weighted by Crippen LogP contribution is 2.29. The molecule has 1 amide bonds. The Morgan fingerprint density at radius 1 is 1.35 bits per heavy atom. The van der Waals surface area contributed by atoms with Crippen molar-refractivity contribution in [3.05, 3.63) is 42.1 Å². The molecule has 0 atom stereocenters. The van der Waals surface area contributed by atoms with Crippen LogP contribution in [0.25, 0.3) is 10.9 Å². The van der Waals surface area contributed by atoms with Gasteiger partial charge in [-0.2, -0.15) is 0 Å². The zero-order valence-electron chi connectivity index (χ0n) is 12.0. The number of carbonyl (C=O) groups is 1. The van der Waals surface area contributed by atoms with E-state index in [9.17, 15) is 4.79 Å². The van der Waals surface area contributed by atoms with Crippen LogP contribution < -0.4 is 0 Å². The maximum Gasteiger partial charge on any atom is 0.411 e. The van der Waals surface area contributed by atoms with Gasteiger partial charge in [-0.05, 0) is 32.4 Å². The van der Waals surface area contributed by atoms with E-state index in [4.69, 9.17) is 4.74 Å². The normalized spacial score (nSPS) is 15.2. The Hall–Kier alpha value is -1.97. The maximum atomic E-state index is 12.1. The molecular weight excluding hydrogens is 252 g/mol. The lowest BCUT2D eigenvalue weighted by molar-refractivity contribution is 0.0277. The number of hydrogen-bond acceptors (Lipinski definition) is 2. The van der Waals surface area contributed by atoms with E-state index in [1.54, 1.807) is 0 Å². The summed E-state index contributed by atoms with van der Waals surface area (Å²) in [6.07, 6.45) is 0.278. The number of nitrogens with zero attached hydrogens (tertiary/aromatic N) is 1. The third kappa shape index (κ3) is 2.38. The molecular formula is C16H18N2O2. The van der Waals surface area contributed by atoms with E-state index in [2.05, 4.69) is 17.6 Å². The molecule has 1 aromatic heterocycles. The Balaban J connectivity index is 1.84. The van der Waals surface area contributed by atoms with Gasteiger partial charge in [0, 0.05) is 23.0 Å². The molecule has 0 fully saturated rings. The molecule has 0 unspecified atom stereocenters. The number of rotatable bonds is 0. The van der Waals surface area contributed by atoms with Gasteiger partial charge in [0.2, 0.25) is 0 Å². The van der Waals surface area contributed by atoms with E-state index in [-0.39, 0.29) is 6.09 Å². The number of para-hydroxylation sites is 1. The van der Waals surface area contributed by atoms with Gasteiger partial charge < -0.3 is 9.72 Å². The van der Waals surface area contributed by atoms with E-state index in [0.29, 0.717) is 13.0 Å². The number of carbonyl (C=O) groups excluding carboxylic acids is 1. The van der Waals surface area contributed by atoms with Crippen LogP contribution in [0.5, 0.6) is 0 Å². The monoisotopic (exact) mass is 270 g/mol. The third-order valence-corrected chi connectivity index (χ3v) is 3.28. The number of fused-ring (bicyclic) bond motifs is 3. The summed E-state index contributed by atoms with van der Waals surface area (Å²) in [6, 6.07) is 8.17. The first kappa shape index (κ1) is 13.0. The number of ether oxygens (including phenoxy) is 1. The number of benzene rings is 1. The second kappa shape index (κ2) is 4.54. The molecule has 2 heterocycles. The molecule has 1 aliphatic rings. The molecule has 0 aliphatic carbocycles. The Labute approximate surface area is 118 Å². The van der Waals surface area contributed by atoms with Crippen molar-refractivity contribution in [1.29, 1.82) is 0 Å². The molecule has 2 radical (unpaired) electrons. The molecule has 0 bridgehead atoms. The fourth-order valence-corrected chi connectivity index (χ4v) is 2.43. The van der Waals surface area contributed by atoms with Crippen LogP contribution in [0, 0.1) is 6.54 Å². The average molecular weight is 270 g/mol. The van der Waals surface area contributed by atoms with E-state index in [1.807, 2.05) is 39.0 Å². The summed E-state index contributed by atoms with van der Waals surface area (Å²) in [4.78, 5) is 17.0. The van der Waals surface area contributed by atoms with Gasteiger partial charge in [-0.3, -0.25) is 4.90 Å². The van der Waals surface area contributed by atoms with Gasteiger partial charge in [-0.1, -0.05) is 18.2 Å². The minimum Gasteiger partial charge on any atom is -0.444 e. The Kier molecular flexibility index (Phi) is 2.96. The first-order valence-corrected chi connectivity index (χ1v) is 6.76. The third-order valence-electron chi connectivity index (χ3n) is 3.28. The van der Waals surface area contributed by atoms with Crippen molar-refractivity contribution in [3.63, 3.8) is 0 Å². The highest BCUT2D eigenvalue weighted by molar-refractivity contribution is 5.85. The zero-order valence-corrected chi connectivity index (χ0v) is 12.0. The van der Waals surface area contributed by atoms with Gasteiger partial charge in [-0.15, -0.1) is 0 Å². The van der Waals surface area contributed by atoms with Gasteiger partial charge in [0.25, 0.3) is 0 Å². The van der Waals surface area contributed by atoms with Crippen molar-refractivity contribution < 1.29 is 9.53 Å². The van der Waals surface area contributed by atoms with Gasteiger partial charge >= 0.3 is 6.09 Å². The first-order valence-electron chi connectivity index (χ1n) is 6.76. The van der Waals surface area contributed by atoms with Gasteiger partial charge in [0.05, 0.1) is 6.54 Å². The van der Waals surface area contributed by atoms with Crippen molar-refractivity contribution in [2.45, 2.75) is 39.3 Å². The smallest absolute Gasteiger partial charge is 0.411 e.